The minimum absolute atomic E-state index is 0.0674. The number of nitrogens with zero attached hydrogens (tertiary/aromatic N) is 1. The number of fused-ring (bicyclic) bond motifs is 2. The van der Waals surface area contributed by atoms with Gasteiger partial charge in [-0.25, -0.2) is 0 Å². The first-order valence-corrected chi connectivity index (χ1v) is 8.74. The Labute approximate surface area is 139 Å². The summed E-state index contributed by atoms with van der Waals surface area (Å²) in [5, 5.41) is 3.30. The molecule has 3 rings (SSSR count). The number of carbonyl (C=O) groups excluding carboxylic acids is 1. The number of nitrogens with two attached hydrogens (primary N) is 1. The summed E-state index contributed by atoms with van der Waals surface area (Å²) in [4.78, 5) is 15.5. The van der Waals surface area contributed by atoms with Gasteiger partial charge in [0.15, 0.2) is 0 Å². The zero-order chi connectivity index (χ0) is 16.6. The van der Waals surface area contributed by atoms with Gasteiger partial charge < -0.3 is 16.0 Å². The molecule has 2 unspecified atom stereocenters. The van der Waals surface area contributed by atoms with Gasteiger partial charge in [-0.3, -0.25) is 4.79 Å². The lowest BCUT2D eigenvalue weighted by atomic mass is 9.80. The van der Waals surface area contributed by atoms with Crippen LogP contribution in [0.4, 0.5) is 0 Å². The highest BCUT2D eigenvalue weighted by atomic mass is 16.2. The number of hydrogen-bond acceptors (Lipinski definition) is 3. The van der Waals surface area contributed by atoms with Crippen molar-refractivity contribution in [2.45, 2.75) is 63.1 Å². The second kappa shape index (κ2) is 6.25. The number of benzene rings is 1. The van der Waals surface area contributed by atoms with E-state index in [4.69, 9.17) is 5.73 Å². The minimum atomic E-state index is -0.657. The van der Waals surface area contributed by atoms with Crippen LogP contribution < -0.4 is 11.1 Å². The van der Waals surface area contributed by atoms with Gasteiger partial charge in [-0.2, -0.15) is 0 Å². The molecule has 0 saturated carbocycles. The summed E-state index contributed by atoms with van der Waals surface area (Å²) in [7, 11) is 2.22. The molecule has 2 aliphatic heterocycles. The Bertz CT molecular complexity index is 556. The standard InChI is InChI=1S/C19H29N3O/c1-13-4-6-14(7-5-13)19(2,12-20)18(23)21-15-10-16-8-9-17(11-15)22(16)3/h4-7,15-17H,8-12,20H2,1-3H3,(H,21,23)/t15?,16?,17?,19-/m1/s1. The van der Waals surface area contributed by atoms with Gasteiger partial charge in [-0.15, -0.1) is 0 Å². The highest BCUT2D eigenvalue weighted by Crippen LogP contribution is 2.34. The van der Waals surface area contributed by atoms with E-state index in [-0.39, 0.29) is 11.9 Å². The van der Waals surface area contributed by atoms with Crippen LogP contribution in [0.1, 0.15) is 43.7 Å². The number of piperidine rings is 1. The molecule has 0 aromatic heterocycles. The van der Waals surface area contributed by atoms with Gasteiger partial charge in [0, 0.05) is 24.7 Å². The van der Waals surface area contributed by atoms with Crippen molar-refractivity contribution in [3.63, 3.8) is 0 Å². The van der Waals surface area contributed by atoms with Crippen LogP contribution in [0, 0.1) is 6.92 Å². The number of rotatable bonds is 4. The van der Waals surface area contributed by atoms with Crippen LogP contribution in [0.2, 0.25) is 0 Å². The van der Waals surface area contributed by atoms with Crippen LogP contribution in [0.5, 0.6) is 0 Å². The molecule has 3 atom stereocenters. The largest absolute Gasteiger partial charge is 0.352 e. The predicted octanol–water partition coefficient (Wildman–Crippen LogP) is 1.95. The van der Waals surface area contributed by atoms with E-state index < -0.39 is 5.41 Å². The number of hydrogen-bond donors (Lipinski definition) is 2. The molecule has 0 radical (unpaired) electrons. The third-order valence-electron chi connectivity index (χ3n) is 6.03. The monoisotopic (exact) mass is 315 g/mol. The molecule has 2 bridgehead atoms. The van der Waals surface area contributed by atoms with E-state index in [0.717, 1.165) is 18.4 Å². The van der Waals surface area contributed by atoms with Crippen molar-refractivity contribution in [2.24, 2.45) is 5.73 Å². The molecule has 126 valence electrons. The van der Waals surface area contributed by atoms with Crippen LogP contribution in [-0.4, -0.2) is 42.5 Å². The predicted molar refractivity (Wildman–Crippen MR) is 93.3 cm³/mol. The highest BCUT2D eigenvalue weighted by molar-refractivity contribution is 5.88. The van der Waals surface area contributed by atoms with Crippen molar-refractivity contribution in [1.82, 2.24) is 10.2 Å². The summed E-state index contributed by atoms with van der Waals surface area (Å²) in [6.07, 6.45) is 4.65. The molecule has 0 spiro atoms. The lowest BCUT2D eigenvalue weighted by Gasteiger charge is -2.38. The maximum atomic E-state index is 13.0. The molecular formula is C19H29N3O. The Hall–Kier alpha value is -1.39. The summed E-state index contributed by atoms with van der Waals surface area (Å²) in [5.41, 5.74) is 7.54. The van der Waals surface area contributed by atoms with Crippen LogP contribution in [0.15, 0.2) is 24.3 Å². The van der Waals surface area contributed by atoms with Gasteiger partial charge in [0.1, 0.15) is 0 Å². The molecule has 1 amide bonds. The number of aryl methyl sites for hydroxylation is 1. The third kappa shape index (κ3) is 3.02. The highest BCUT2D eigenvalue weighted by Gasteiger charge is 2.41. The van der Waals surface area contributed by atoms with Gasteiger partial charge in [-0.05, 0) is 52.1 Å². The molecule has 3 N–H and O–H groups in total. The summed E-state index contributed by atoms with van der Waals surface area (Å²) in [6, 6.07) is 9.69. The first-order valence-electron chi connectivity index (χ1n) is 8.74. The molecular weight excluding hydrogens is 286 g/mol. The van der Waals surface area contributed by atoms with E-state index >= 15 is 0 Å². The fourth-order valence-corrected chi connectivity index (χ4v) is 4.14. The molecule has 2 fully saturated rings. The number of nitrogens with one attached hydrogen (secondary N) is 1. The number of amides is 1. The fourth-order valence-electron chi connectivity index (χ4n) is 4.14. The van der Waals surface area contributed by atoms with Crippen molar-refractivity contribution < 1.29 is 4.79 Å². The van der Waals surface area contributed by atoms with E-state index in [1.54, 1.807) is 0 Å². The fraction of sp³-hybridized carbons (Fsp3) is 0.632. The quantitative estimate of drug-likeness (QED) is 0.893. The maximum absolute atomic E-state index is 13.0. The van der Waals surface area contributed by atoms with Crippen LogP contribution in [0.3, 0.4) is 0 Å². The summed E-state index contributed by atoms with van der Waals surface area (Å²) in [6.45, 7) is 4.33. The Morgan fingerprint density at radius 1 is 1.26 bits per heavy atom. The summed E-state index contributed by atoms with van der Waals surface area (Å²) < 4.78 is 0. The Kier molecular flexibility index (Phi) is 4.47. The topological polar surface area (TPSA) is 58.4 Å². The molecule has 2 saturated heterocycles. The zero-order valence-electron chi connectivity index (χ0n) is 14.5. The van der Waals surface area contributed by atoms with Crippen molar-refractivity contribution >= 4 is 5.91 Å². The van der Waals surface area contributed by atoms with Gasteiger partial charge >= 0.3 is 0 Å². The van der Waals surface area contributed by atoms with Crippen molar-refractivity contribution in [1.29, 1.82) is 0 Å². The van der Waals surface area contributed by atoms with Crippen LogP contribution in [0.25, 0.3) is 0 Å². The van der Waals surface area contributed by atoms with Gasteiger partial charge in [0.25, 0.3) is 0 Å². The molecule has 2 aliphatic rings. The van der Waals surface area contributed by atoms with E-state index in [1.807, 2.05) is 31.2 Å². The van der Waals surface area contributed by atoms with E-state index in [9.17, 15) is 4.79 Å². The SMILES string of the molecule is Cc1ccc([C@@](C)(CN)C(=O)NC2CC3CCC(C2)N3C)cc1. The average Bonchev–Trinajstić information content (AvgIpc) is 2.76. The van der Waals surface area contributed by atoms with Gasteiger partial charge in [0.05, 0.1) is 5.41 Å². The number of carbonyl (C=O) groups is 1. The molecule has 4 nitrogen and oxygen atoms in total. The molecule has 0 aliphatic carbocycles. The van der Waals surface area contributed by atoms with Gasteiger partial charge in [0.2, 0.25) is 5.91 Å². The Balaban J connectivity index is 1.72. The smallest absolute Gasteiger partial charge is 0.231 e. The first-order chi connectivity index (χ1) is 10.9. The molecule has 4 heteroatoms. The first kappa shape index (κ1) is 16.5. The lowest BCUT2D eigenvalue weighted by molar-refractivity contribution is -0.127. The molecule has 2 heterocycles. The van der Waals surface area contributed by atoms with Crippen molar-refractivity contribution in [2.75, 3.05) is 13.6 Å². The van der Waals surface area contributed by atoms with E-state index in [0.29, 0.717) is 18.6 Å². The molecule has 1 aromatic rings. The zero-order valence-corrected chi connectivity index (χ0v) is 14.5. The lowest BCUT2D eigenvalue weighted by Crippen LogP contribution is -2.54. The average molecular weight is 315 g/mol. The van der Waals surface area contributed by atoms with E-state index in [2.05, 4.69) is 24.2 Å². The molecule has 23 heavy (non-hydrogen) atoms. The third-order valence-corrected chi connectivity index (χ3v) is 6.03. The Morgan fingerprint density at radius 3 is 2.35 bits per heavy atom. The minimum Gasteiger partial charge on any atom is -0.352 e. The van der Waals surface area contributed by atoms with Crippen LogP contribution in [-0.2, 0) is 10.2 Å². The summed E-state index contributed by atoms with van der Waals surface area (Å²) >= 11 is 0. The normalized spacial score (nSPS) is 30.0. The maximum Gasteiger partial charge on any atom is 0.231 e. The van der Waals surface area contributed by atoms with Crippen molar-refractivity contribution in [3.05, 3.63) is 35.4 Å². The Morgan fingerprint density at radius 2 is 1.83 bits per heavy atom. The van der Waals surface area contributed by atoms with Crippen LogP contribution >= 0.6 is 0 Å². The van der Waals surface area contributed by atoms with E-state index in [1.165, 1.54) is 18.4 Å². The molecule has 1 aromatic carbocycles. The van der Waals surface area contributed by atoms with Crippen molar-refractivity contribution in [3.8, 4) is 0 Å². The second-order valence-electron chi connectivity index (χ2n) is 7.59. The van der Waals surface area contributed by atoms with Gasteiger partial charge in [-0.1, -0.05) is 29.8 Å². The summed E-state index contributed by atoms with van der Waals surface area (Å²) in [5.74, 6) is 0.0674. The second-order valence-corrected chi connectivity index (χ2v) is 7.59.